The van der Waals surface area contributed by atoms with Gasteiger partial charge in [0.2, 0.25) is 0 Å². The van der Waals surface area contributed by atoms with Crippen LogP contribution in [-0.2, 0) is 6.42 Å². The van der Waals surface area contributed by atoms with Crippen LogP contribution in [0.2, 0.25) is 0 Å². The molecule has 0 bridgehead atoms. The van der Waals surface area contributed by atoms with Crippen molar-refractivity contribution >= 4 is 21.4 Å². The summed E-state index contributed by atoms with van der Waals surface area (Å²) in [5.41, 5.74) is 0.965. The minimum atomic E-state index is -0.539. The van der Waals surface area contributed by atoms with Crippen LogP contribution in [0.1, 0.15) is 43.6 Å². The highest BCUT2D eigenvalue weighted by Crippen LogP contribution is 2.43. The highest BCUT2D eigenvalue weighted by molar-refractivity contribution is 7.19. The average molecular weight is 482 g/mol. The lowest BCUT2D eigenvalue weighted by Gasteiger charge is -2.37. The van der Waals surface area contributed by atoms with E-state index in [1.165, 1.54) is 20.5 Å². The topological polar surface area (TPSA) is 51.2 Å². The summed E-state index contributed by atoms with van der Waals surface area (Å²) < 4.78 is 18.9. The molecule has 0 amide bonds. The summed E-state index contributed by atoms with van der Waals surface area (Å²) in [4.78, 5) is 3.81. The smallest absolute Gasteiger partial charge is 0.165 e. The first-order valence-electron chi connectivity index (χ1n) is 12.2. The van der Waals surface area contributed by atoms with E-state index in [1.807, 2.05) is 29.5 Å². The molecule has 34 heavy (non-hydrogen) atoms. The molecule has 0 unspecified atom stereocenters. The van der Waals surface area contributed by atoms with Crippen molar-refractivity contribution in [3.63, 3.8) is 0 Å². The van der Waals surface area contributed by atoms with Crippen LogP contribution in [-0.4, -0.2) is 55.1 Å². The van der Waals surface area contributed by atoms with Gasteiger partial charge in [0.15, 0.2) is 11.5 Å². The van der Waals surface area contributed by atoms with Crippen LogP contribution in [0.5, 0.6) is 17.2 Å². The van der Waals surface area contributed by atoms with E-state index in [9.17, 15) is 5.11 Å². The predicted molar refractivity (Wildman–Crippen MR) is 138 cm³/mol. The van der Waals surface area contributed by atoms with E-state index in [0.29, 0.717) is 18.4 Å². The van der Waals surface area contributed by atoms with Crippen LogP contribution in [0, 0.1) is 5.92 Å². The molecule has 5 rings (SSSR count). The molecule has 0 spiro atoms. The maximum Gasteiger partial charge on any atom is 0.165 e. The van der Waals surface area contributed by atoms with Crippen molar-refractivity contribution in [2.24, 2.45) is 5.92 Å². The van der Waals surface area contributed by atoms with Crippen molar-refractivity contribution in [1.29, 1.82) is 0 Å². The first-order valence-corrected chi connectivity index (χ1v) is 13.0. The number of para-hydroxylation sites is 1. The molecule has 6 heteroatoms. The molecule has 1 aromatic heterocycles. The highest BCUT2D eigenvalue weighted by atomic mass is 32.1. The van der Waals surface area contributed by atoms with Crippen molar-refractivity contribution in [3.8, 4) is 17.2 Å². The molecule has 2 aliphatic rings. The minimum Gasteiger partial charge on any atom is -0.496 e. The zero-order valence-electron chi connectivity index (χ0n) is 20.5. The van der Waals surface area contributed by atoms with Crippen molar-refractivity contribution < 1.29 is 19.3 Å². The van der Waals surface area contributed by atoms with E-state index in [2.05, 4.69) is 49.9 Å². The van der Waals surface area contributed by atoms with Crippen LogP contribution in [0.4, 0.5) is 0 Å². The van der Waals surface area contributed by atoms with Gasteiger partial charge in [-0.2, -0.15) is 0 Å². The Hall–Kier alpha value is -2.28. The van der Waals surface area contributed by atoms with Crippen LogP contribution in [0.3, 0.4) is 0 Å². The molecule has 0 saturated carbocycles. The molecule has 0 aliphatic carbocycles. The number of hydrogen-bond donors (Lipinski definition) is 1. The molecule has 1 saturated heterocycles. The standard InChI is InChI=1S/C28H35NO4S/c1-18-15-29(12-11-21(18)26-13-22-23(31-4)8-6-10-25(22)34-26)16-20(30)17-32-24-9-5-7-19-14-28(2,3)33-27(19)24/h5-10,13,18,20-21,30H,11-12,14-17H2,1-4H3/t18-,20-,21-/m0/s1. The van der Waals surface area contributed by atoms with Gasteiger partial charge in [0.25, 0.3) is 0 Å². The Balaban J connectivity index is 1.16. The lowest BCUT2D eigenvalue weighted by molar-refractivity contribution is 0.0479. The van der Waals surface area contributed by atoms with Crippen LogP contribution in [0.15, 0.2) is 42.5 Å². The number of aliphatic hydroxyl groups excluding tert-OH is 1. The number of nitrogens with zero attached hydrogens (tertiary/aromatic N) is 1. The number of ether oxygens (including phenoxy) is 3. The van der Waals surface area contributed by atoms with Crippen molar-refractivity contribution in [2.45, 2.75) is 51.2 Å². The van der Waals surface area contributed by atoms with E-state index >= 15 is 0 Å². The van der Waals surface area contributed by atoms with Crippen LogP contribution < -0.4 is 14.2 Å². The number of benzene rings is 2. The molecule has 182 valence electrons. The van der Waals surface area contributed by atoms with E-state index in [4.69, 9.17) is 14.2 Å². The van der Waals surface area contributed by atoms with Crippen LogP contribution in [0.25, 0.3) is 10.1 Å². The van der Waals surface area contributed by atoms with Gasteiger partial charge in [0.1, 0.15) is 24.1 Å². The quantitative estimate of drug-likeness (QED) is 0.484. The zero-order chi connectivity index (χ0) is 23.9. The number of β-amino-alcohol motifs (C(OH)–C–C–N with tert-alkyl or cyclic N) is 1. The first kappa shape index (κ1) is 23.5. The molecule has 3 aromatic rings. The summed E-state index contributed by atoms with van der Waals surface area (Å²) in [7, 11) is 1.74. The number of fused-ring (bicyclic) bond motifs is 2. The van der Waals surface area contributed by atoms with Crippen molar-refractivity contribution in [3.05, 3.63) is 52.9 Å². The van der Waals surface area contributed by atoms with Gasteiger partial charge in [-0.15, -0.1) is 11.3 Å². The van der Waals surface area contributed by atoms with Gasteiger partial charge >= 0.3 is 0 Å². The van der Waals surface area contributed by atoms with E-state index in [-0.39, 0.29) is 12.2 Å². The van der Waals surface area contributed by atoms with Gasteiger partial charge in [0, 0.05) is 40.0 Å². The van der Waals surface area contributed by atoms with Gasteiger partial charge in [0.05, 0.1) is 7.11 Å². The maximum atomic E-state index is 10.7. The molecule has 2 aromatic carbocycles. The fourth-order valence-electron chi connectivity index (χ4n) is 5.47. The highest BCUT2D eigenvalue weighted by Gasteiger charge is 2.33. The van der Waals surface area contributed by atoms with E-state index in [1.54, 1.807) is 7.11 Å². The number of hydrogen-bond acceptors (Lipinski definition) is 6. The summed E-state index contributed by atoms with van der Waals surface area (Å²) in [6.07, 6.45) is 1.43. The third-order valence-corrected chi connectivity index (χ3v) is 8.30. The normalized spacial score (nSPS) is 22.9. The number of aliphatic hydroxyl groups is 1. The molecule has 2 aliphatic heterocycles. The predicted octanol–water partition coefficient (Wildman–Crippen LogP) is 5.49. The lowest BCUT2D eigenvalue weighted by atomic mass is 9.85. The summed E-state index contributed by atoms with van der Waals surface area (Å²) in [5, 5.41) is 11.9. The Bertz CT molecular complexity index is 1160. The van der Waals surface area contributed by atoms with Gasteiger partial charge in [-0.05, 0) is 62.9 Å². The zero-order valence-corrected chi connectivity index (χ0v) is 21.4. The Kier molecular flexibility index (Phi) is 6.49. The number of thiophene rings is 1. The molecular formula is C28H35NO4S. The molecule has 0 radical (unpaired) electrons. The SMILES string of the molecule is COc1cccc2sc([C@H]3CCN(C[C@H](O)COc4cccc5c4OC(C)(C)C5)C[C@@H]3C)cc12. The summed E-state index contributed by atoms with van der Waals surface area (Å²) in [6.45, 7) is 9.36. The lowest BCUT2D eigenvalue weighted by Crippen LogP contribution is -2.43. The third-order valence-electron chi connectivity index (χ3n) is 7.07. The molecule has 3 heterocycles. The number of likely N-dealkylation sites (tertiary alicyclic amines) is 1. The van der Waals surface area contributed by atoms with Crippen molar-refractivity contribution in [1.82, 2.24) is 4.90 Å². The largest absolute Gasteiger partial charge is 0.496 e. The Morgan fingerprint density at radius 2 is 2.00 bits per heavy atom. The maximum absolute atomic E-state index is 10.7. The summed E-state index contributed by atoms with van der Waals surface area (Å²) in [5.74, 6) is 3.57. The second kappa shape index (κ2) is 9.40. The van der Waals surface area contributed by atoms with Gasteiger partial charge in [-0.25, -0.2) is 0 Å². The Labute approximate surface area is 206 Å². The Morgan fingerprint density at radius 3 is 2.79 bits per heavy atom. The third kappa shape index (κ3) is 4.77. The average Bonchev–Trinajstić information content (AvgIpc) is 3.37. The summed E-state index contributed by atoms with van der Waals surface area (Å²) in [6, 6.07) is 14.6. The van der Waals surface area contributed by atoms with Crippen LogP contribution >= 0.6 is 11.3 Å². The second-order valence-electron chi connectivity index (χ2n) is 10.4. The monoisotopic (exact) mass is 481 g/mol. The number of methoxy groups -OCH3 is 1. The molecule has 3 atom stereocenters. The van der Waals surface area contributed by atoms with Gasteiger partial charge in [-0.3, -0.25) is 0 Å². The van der Waals surface area contributed by atoms with Crippen molar-refractivity contribution in [2.75, 3.05) is 33.4 Å². The Morgan fingerprint density at radius 1 is 1.21 bits per heavy atom. The molecular weight excluding hydrogens is 446 g/mol. The van der Waals surface area contributed by atoms with Gasteiger partial charge in [-0.1, -0.05) is 25.1 Å². The summed E-state index contributed by atoms with van der Waals surface area (Å²) >= 11 is 1.89. The number of rotatable bonds is 7. The fourth-order valence-corrected chi connectivity index (χ4v) is 6.82. The number of piperidine rings is 1. The fraction of sp³-hybridized carbons (Fsp3) is 0.500. The van der Waals surface area contributed by atoms with E-state index < -0.39 is 6.10 Å². The minimum absolute atomic E-state index is 0.208. The second-order valence-corrected chi connectivity index (χ2v) is 11.5. The van der Waals surface area contributed by atoms with E-state index in [0.717, 1.165) is 43.2 Å². The molecule has 1 N–H and O–H groups in total. The molecule has 1 fully saturated rings. The van der Waals surface area contributed by atoms with Gasteiger partial charge < -0.3 is 24.2 Å². The molecule has 5 nitrogen and oxygen atoms in total. The first-order chi connectivity index (χ1) is 16.3.